The molecule has 0 aliphatic heterocycles. The molecule has 7 nitrogen and oxygen atoms in total. The van der Waals surface area contributed by atoms with Crippen molar-refractivity contribution in [1.29, 1.82) is 0 Å². The highest BCUT2D eigenvalue weighted by atomic mass is 19.1. The molecule has 0 bridgehead atoms. The lowest BCUT2D eigenvalue weighted by molar-refractivity contribution is -0.114. The van der Waals surface area contributed by atoms with E-state index in [0.29, 0.717) is 29.4 Å². The number of carbonyl (C=O) groups excluding carboxylic acids is 1. The van der Waals surface area contributed by atoms with Crippen molar-refractivity contribution in [3.8, 4) is 5.75 Å². The molecule has 34 heavy (non-hydrogen) atoms. The smallest absolute Gasteiger partial charge is 0.184 e. The maximum atomic E-state index is 14.2. The fourth-order valence-electron chi connectivity index (χ4n) is 2.90. The molecule has 0 aliphatic carbocycles. The van der Waals surface area contributed by atoms with Crippen molar-refractivity contribution in [2.24, 2.45) is 0 Å². The van der Waals surface area contributed by atoms with Crippen LogP contribution in [0, 0.1) is 11.6 Å². The zero-order chi connectivity index (χ0) is 24.5. The fraction of sp³-hybridized carbons (Fsp3) is 0.240. The van der Waals surface area contributed by atoms with Crippen molar-refractivity contribution < 1.29 is 23.0 Å². The van der Waals surface area contributed by atoms with Gasteiger partial charge in [-0.2, -0.15) is 0 Å². The zero-order valence-electron chi connectivity index (χ0n) is 19.0. The third-order valence-electron chi connectivity index (χ3n) is 4.78. The Bertz CT molecular complexity index is 1150. The fourth-order valence-corrected chi connectivity index (χ4v) is 2.90. The van der Waals surface area contributed by atoms with Gasteiger partial charge in [-0.3, -0.25) is 4.79 Å². The first-order chi connectivity index (χ1) is 16.4. The van der Waals surface area contributed by atoms with Crippen molar-refractivity contribution in [1.82, 2.24) is 9.97 Å². The lowest BCUT2D eigenvalue weighted by Gasteiger charge is -2.11. The molecule has 0 unspecified atom stereocenters. The van der Waals surface area contributed by atoms with Crippen LogP contribution in [0.1, 0.15) is 18.3 Å². The highest BCUT2D eigenvalue weighted by Gasteiger charge is 2.10. The van der Waals surface area contributed by atoms with Crippen LogP contribution in [-0.2, 0) is 22.5 Å². The van der Waals surface area contributed by atoms with Gasteiger partial charge in [0, 0.05) is 31.0 Å². The number of carbonyl (C=O) groups is 1. The summed E-state index contributed by atoms with van der Waals surface area (Å²) < 4.78 is 38.6. The summed E-state index contributed by atoms with van der Waals surface area (Å²) in [6.07, 6.45) is 1.33. The summed E-state index contributed by atoms with van der Waals surface area (Å²) in [5.41, 5.74) is 2.43. The van der Waals surface area contributed by atoms with Crippen LogP contribution >= 0.6 is 0 Å². The number of hydrogen-bond acceptors (Lipinski definition) is 7. The van der Waals surface area contributed by atoms with Crippen molar-refractivity contribution in [3.63, 3.8) is 0 Å². The first-order valence-corrected chi connectivity index (χ1v) is 10.6. The Morgan fingerprint density at radius 1 is 1.06 bits per heavy atom. The Hall–Kier alpha value is -3.85. The number of nitrogens with zero attached hydrogens (tertiary/aromatic N) is 2. The van der Waals surface area contributed by atoms with E-state index in [2.05, 4.69) is 27.2 Å². The Kier molecular flexibility index (Phi) is 8.64. The second kappa shape index (κ2) is 11.9. The molecule has 1 heterocycles. The van der Waals surface area contributed by atoms with E-state index >= 15 is 0 Å². The van der Waals surface area contributed by atoms with E-state index in [1.165, 1.54) is 19.2 Å². The maximum Gasteiger partial charge on any atom is 0.184 e. The monoisotopic (exact) mass is 468 g/mol. The van der Waals surface area contributed by atoms with E-state index in [4.69, 9.17) is 9.47 Å². The van der Waals surface area contributed by atoms with E-state index in [9.17, 15) is 13.6 Å². The molecule has 0 radical (unpaired) electrons. The summed E-state index contributed by atoms with van der Waals surface area (Å²) in [5.74, 6) is -0.722. The van der Waals surface area contributed by atoms with Crippen LogP contribution in [0.15, 0.2) is 60.8 Å². The average molecular weight is 469 g/mol. The summed E-state index contributed by atoms with van der Waals surface area (Å²) in [4.78, 5) is 20.0. The third-order valence-corrected chi connectivity index (χ3v) is 4.78. The predicted octanol–water partition coefficient (Wildman–Crippen LogP) is 4.82. The van der Waals surface area contributed by atoms with Crippen molar-refractivity contribution in [2.75, 3.05) is 31.0 Å². The number of anilines is 3. The van der Waals surface area contributed by atoms with Crippen LogP contribution in [0.25, 0.3) is 0 Å². The molecule has 0 saturated carbocycles. The number of ketones is 1. The van der Waals surface area contributed by atoms with Gasteiger partial charge in [0.1, 0.15) is 12.4 Å². The van der Waals surface area contributed by atoms with Gasteiger partial charge < -0.3 is 20.1 Å². The standard InChI is InChI=1S/C25H26F2N4O3/c1-16(2)22(32)12-17-4-6-18(7-5-17)30-25-21(27)14-29-24(31-25)15-28-19-8-9-23(20(26)13-19)34-11-10-33-3/h4-9,13-14,28H,1,10-12,15H2,2-3H3,(H,29,30,31). The van der Waals surface area contributed by atoms with Gasteiger partial charge in [-0.25, -0.2) is 18.7 Å². The number of hydrogen-bond donors (Lipinski definition) is 2. The number of methoxy groups -OCH3 is 1. The maximum absolute atomic E-state index is 14.2. The van der Waals surface area contributed by atoms with Gasteiger partial charge in [0.25, 0.3) is 0 Å². The highest BCUT2D eigenvalue weighted by Crippen LogP contribution is 2.22. The summed E-state index contributed by atoms with van der Waals surface area (Å²) in [7, 11) is 1.54. The molecule has 3 aromatic rings. The molecule has 0 amide bonds. The van der Waals surface area contributed by atoms with Crippen molar-refractivity contribution in [2.45, 2.75) is 19.9 Å². The average Bonchev–Trinajstić information content (AvgIpc) is 2.82. The van der Waals surface area contributed by atoms with Crippen LogP contribution in [0.4, 0.5) is 26.0 Å². The molecule has 9 heteroatoms. The van der Waals surface area contributed by atoms with Gasteiger partial charge in [-0.15, -0.1) is 0 Å². The highest BCUT2D eigenvalue weighted by molar-refractivity contribution is 5.95. The molecule has 1 aromatic heterocycles. The minimum absolute atomic E-state index is 0.00522. The van der Waals surface area contributed by atoms with E-state index in [-0.39, 0.29) is 36.9 Å². The van der Waals surface area contributed by atoms with E-state index in [0.717, 1.165) is 11.8 Å². The number of nitrogens with one attached hydrogen (secondary N) is 2. The number of benzene rings is 2. The number of Topliss-reactive ketones (excluding diaryl/α,β-unsaturated/α-hetero) is 1. The molecule has 0 atom stereocenters. The molecule has 2 aromatic carbocycles. The second-order valence-electron chi connectivity index (χ2n) is 7.52. The van der Waals surface area contributed by atoms with Crippen LogP contribution in [0.2, 0.25) is 0 Å². The first-order valence-electron chi connectivity index (χ1n) is 10.6. The number of aromatic nitrogens is 2. The topological polar surface area (TPSA) is 85.4 Å². The summed E-state index contributed by atoms with van der Waals surface area (Å²) in [6, 6.07) is 11.5. The van der Waals surface area contributed by atoms with Crippen LogP contribution < -0.4 is 15.4 Å². The number of halogens is 2. The van der Waals surface area contributed by atoms with E-state index in [1.54, 1.807) is 37.3 Å². The Morgan fingerprint density at radius 3 is 2.47 bits per heavy atom. The third kappa shape index (κ3) is 7.08. The summed E-state index contributed by atoms with van der Waals surface area (Å²) >= 11 is 0. The molecular weight excluding hydrogens is 442 g/mol. The van der Waals surface area contributed by atoms with Crippen molar-refractivity contribution in [3.05, 3.63) is 83.8 Å². The lowest BCUT2D eigenvalue weighted by Crippen LogP contribution is -2.08. The lowest BCUT2D eigenvalue weighted by atomic mass is 10.1. The normalized spacial score (nSPS) is 10.6. The predicted molar refractivity (Wildman–Crippen MR) is 126 cm³/mol. The Morgan fingerprint density at radius 2 is 1.79 bits per heavy atom. The van der Waals surface area contributed by atoms with E-state index in [1.807, 2.05) is 0 Å². The van der Waals surface area contributed by atoms with Gasteiger partial charge in [0.15, 0.2) is 29.0 Å². The Balaban J connectivity index is 1.61. The van der Waals surface area contributed by atoms with Crippen LogP contribution in [0.3, 0.4) is 0 Å². The van der Waals surface area contributed by atoms with Crippen LogP contribution in [-0.4, -0.2) is 36.1 Å². The molecule has 178 valence electrons. The molecule has 0 fully saturated rings. The van der Waals surface area contributed by atoms with Gasteiger partial charge in [-0.1, -0.05) is 18.7 Å². The minimum atomic E-state index is -0.617. The van der Waals surface area contributed by atoms with Gasteiger partial charge in [0.05, 0.1) is 19.3 Å². The van der Waals surface area contributed by atoms with Gasteiger partial charge >= 0.3 is 0 Å². The van der Waals surface area contributed by atoms with Crippen LogP contribution in [0.5, 0.6) is 5.75 Å². The molecule has 3 rings (SSSR count). The summed E-state index contributed by atoms with van der Waals surface area (Å²) in [5, 5.41) is 5.92. The molecule has 2 N–H and O–H groups in total. The second-order valence-corrected chi connectivity index (χ2v) is 7.52. The molecule has 0 spiro atoms. The van der Waals surface area contributed by atoms with Crippen molar-refractivity contribution >= 4 is 23.0 Å². The SMILES string of the molecule is C=C(C)C(=O)Cc1ccc(Nc2nc(CNc3ccc(OCCOC)c(F)c3)ncc2F)cc1. The quantitative estimate of drug-likeness (QED) is 0.291. The Labute approximate surface area is 196 Å². The summed E-state index contributed by atoms with van der Waals surface area (Å²) in [6.45, 7) is 6.08. The largest absolute Gasteiger partial charge is 0.488 e. The molecule has 0 aliphatic rings. The van der Waals surface area contributed by atoms with Gasteiger partial charge in [0.2, 0.25) is 0 Å². The van der Waals surface area contributed by atoms with E-state index < -0.39 is 11.6 Å². The first kappa shape index (κ1) is 24.8. The number of allylic oxidation sites excluding steroid dienone is 1. The number of ether oxygens (including phenoxy) is 2. The zero-order valence-corrected chi connectivity index (χ0v) is 19.0. The number of rotatable bonds is 12. The molecular formula is C25H26F2N4O3. The van der Waals surface area contributed by atoms with Gasteiger partial charge in [-0.05, 0) is 42.3 Å². The minimum Gasteiger partial charge on any atom is -0.488 e. The molecule has 0 saturated heterocycles.